The Bertz CT molecular complexity index is 23.0. The van der Waals surface area contributed by atoms with Gasteiger partial charge >= 0.3 is 55.4 Å². The summed E-state index contributed by atoms with van der Waals surface area (Å²) >= 11 is 4.44. The summed E-state index contributed by atoms with van der Waals surface area (Å²) in [6.45, 7) is 10.7. The molecule has 0 heterocycles. The Morgan fingerprint density at radius 1 is 0.833 bits per heavy atom. The van der Waals surface area contributed by atoms with Crippen LogP contribution in [0.1, 0.15) is 13.8 Å². The molecule has 0 saturated heterocycles. The molecule has 0 aliphatic heterocycles. The molecule has 0 amide bonds. The number of rotatable bonds is 2. The van der Waals surface area contributed by atoms with Gasteiger partial charge < -0.3 is 0 Å². The van der Waals surface area contributed by atoms with Crippen molar-refractivity contribution < 1.29 is 36.4 Å². The molecule has 78 valence electrons. The second kappa shape index (κ2) is 52.5. The average molecular weight is 394 g/mol. The topological polar surface area (TPSA) is 0 Å². The zero-order valence-electron chi connectivity index (χ0n) is 7.11. The predicted octanol–water partition coefficient (Wildman–Crippen LogP) is 3.87. The van der Waals surface area contributed by atoms with Crippen molar-refractivity contribution in [3.05, 3.63) is 39.5 Å². The Labute approximate surface area is 108 Å². The van der Waals surface area contributed by atoms with E-state index in [0.29, 0.717) is 0 Å². The SMILES string of the molecule is [CH2][CH][CH]C.[CH2][CH][CH]C.[Cl][Pd+].[Cl][Pd+]. The van der Waals surface area contributed by atoms with Crippen LogP contribution in [0.3, 0.4) is 0 Å². The first-order valence-corrected chi connectivity index (χ1v) is 6.88. The van der Waals surface area contributed by atoms with Gasteiger partial charge in [0.15, 0.2) is 0 Å². The van der Waals surface area contributed by atoms with Crippen molar-refractivity contribution in [2.24, 2.45) is 0 Å². The fraction of sp³-hybridized carbons (Fsp3) is 0.250. The Morgan fingerprint density at radius 3 is 0.917 bits per heavy atom. The van der Waals surface area contributed by atoms with E-state index in [1.54, 1.807) is 12.8 Å². The van der Waals surface area contributed by atoms with Crippen LogP contribution in [-0.4, -0.2) is 0 Å². The third-order valence-corrected chi connectivity index (χ3v) is 0.471. The molecule has 0 fully saturated rings. The van der Waals surface area contributed by atoms with Gasteiger partial charge in [-0.25, -0.2) is 0 Å². The van der Waals surface area contributed by atoms with Crippen LogP contribution in [-0.2, 0) is 36.4 Å². The number of hydrogen-bond acceptors (Lipinski definition) is 0. The molecule has 0 aromatic carbocycles. The summed E-state index contributed by atoms with van der Waals surface area (Å²) in [6.07, 6.45) is 7.28. The van der Waals surface area contributed by atoms with E-state index in [2.05, 4.69) is 69.3 Å². The second-order valence-corrected chi connectivity index (χ2v) is 1.14. The fourth-order valence-electron chi connectivity index (χ4n) is 0. The van der Waals surface area contributed by atoms with E-state index in [-0.39, 0.29) is 0 Å². The van der Waals surface area contributed by atoms with Gasteiger partial charge in [0.2, 0.25) is 0 Å². The van der Waals surface area contributed by atoms with Gasteiger partial charge in [-0.3, -0.25) is 0 Å². The number of hydrogen-bond donors (Lipinski definition) is 0. The molecule has 12 heavy (non-hydrogen) atoms. The molecule has 4 heteroatoms. The van der Waals surface area contributed by atoms with Gasteiger partial charge in [0.25, 0.3) is 0 Å². The van der Waals surface area contributed by atoms with Crippen LogP contribution >= 0.6 is 19.1 Å². The minimum absolute atomic E-state index is 1.75. The summed E-state index contributed by atoms with van der Waals surface area (Å²) in [5.41, 5.74) is 0. The second-order valence-electron chi connectivity index (χ2n) is 1.14. The molecule has 0 spiro atoms. The zero-order valence-corrected chi connectivity index (χ0v) is 11.7. The molecule has 0 rings (SSSR count). The van der Waals surface area contributed by atoms with Crippen molar-refractivity contribution in [1.29, 1.82) is 0 Å². The van der Waals surface area contributed by atoms with Crippen LogP contribution in [0.25, 0.3) is 0 Å². The molecule has 0 aromatic heterocycles. The van der Waals surface area contributed by atoms with Crippen LogP contribution in [0, 0.1) is 39.5 Å². The van der Waals surface area contributed by atoms with Gasteiger partial charge in [-0.2, -0.15) is 0 Å². The van der Waals surface area contributed by atoms with Crippen LogP contribution in [0.15, 0.2) is 0 Å². The first kappa shape index (κ1) is 23.6. The van der Waals surface area contributed by atoms with Crippen molar-refractivity contribution in [2.75, 3.05) is 0 Å². The molecular formula is C8H14Cl2Pd2+2. The monoisotopic (exact) mass is 392 g/mol. The molecular weight excluding hydrogens is 380 g/mol. The van der Waals surface area contributed by atoms with Crippen LogP contribution < -0.4 is 0 Å². The third kappa shape index (κ3) is 92.8. The predicted molar refractivity (Wildman–Crippen MR) is 51.0 cm³/mol. The van der Waals surface area contributed by atoms with Crippen molar-refractivity contribution in [3.63, 3.8) is 0 Å². The maximum absolute atomic E-state index is 4.49. The van der Waals surface area contributed by atoms with Gasteiger partial charge in [-0.15, -0.1) is 0 Å². The molecule has 0 aliphatic rings. The quantitative estimate of drug-likeness (QED) is 0.625. The van der Waals surface area contributed by atoms with E-state index in [0.717, 1.165) is 0 Å². The minimum atomic E-state index is 1.75. The molecule has 0 nitrogen and oxygen atoms in total. The van der Waals surface area contributed by atoms with Crippen molar-refractivity contribution in [2.45, 2.75) is 13.8 Å². The molecule has 0 aliphatic carbocycles. The standard InChI is InChI=1S/2C4H7.2ClH.2Pd/c2*1-3-4-2;;;;/h2*3-4H,1H2,2H3;2*1H;;/q;;;;2*+2/p-2. The van der Waals surface area contributed by atoms with E-state index in [4.69, 9.17) is 0 Å². The van der Waals surface area contributed by atoms with Gasteiger partial charge in [-0.05, 0) is 39.5 Å². The average Bonchev–Trinajstić information content (AvgIpc) is 2.23. The van der Waals surface area contributed by atoms with Gasteiger partial charge in [0.1, 0.15) is 0 Å². The van der Waals surface area contributed by atoms with Gasteiger partial charge in [0, 0.05) is 0 Å². The maximum atomic E-state index is 4.49. The molecule has 0 atom stereocenters. The van der Waals surface area contributed by atoms with E-state index in [1.165, 1.54) is 0 Å². The molecule has 0 bridgehead atoms. The first-order valence-electron chi connectivity index (χ1n) is 2.88. The summed E-state index contributed by atoms with van der Waals surface area (Å²) in [6, 6.07) is 0. The van der Waals surface area contributed by atoms with Crippen molar-refractivity contribution >= 4 is 19.1 Å². The summed E-state index contributed by atoms with van der Waals surface area (Å²) in [5.74, 6) is 0. The Balaban J connectivity index is -0.0000000380. The normalized spacial score (nSPS) is 6.17. The fourth-order valence-corrected chi connectivity index (χ4v) is 0. The Kier molecular flexibility index (Phi) is 103. The van der Waals surface area contributed by atoms with E-state index < -0.39 is 0 Å². The Hall–Kier alpha value is 1.90. The zero-order chi connectivity index (χ0) is 10.8. The summed E-state index contributed by atoms with van der Waals surface area (Å²) in [5, 5.41) is 0. The van der Waals surface area contributed by atoms with Crippen molar-refractivity contribution in [3.8, 4) is 0 Å². The van der Waals surface area contributed by atoms with Crippen LogP contribution in [0.4, 0.5) is 0 Å². The van der Waals surface area contributed by atoms with Crippen LogP contribution in [0.5, 0.6) is 0 Å². The number of halogens is 2. The molecule has 0 saturated carbocycles. The molecule has 0 N–H and O–H groups in total. The van der Waals surface area contributed by atoms with Crippen LogP contribution in [0.2, 0.25) is 0 Å². The first-order chi connectivity index (χ1) is 5.83. The summed E-state index contributed by atoms with van der Waals surface area (Å²) < 4.78 is 0. The van der Waals surface area contributed by atoms with E-state index >= 15 is 0 Å². The third-order valence-electron chi connectivity index (χ3n) is 0.471. The van der Waals surface area contributed by atoms with Gasteiger partial charge in [-0.1, -0.05) is 13.8 Å². The van der Waals surface area contributed by atoms with Crippen molar-refractivity contribution in [1.82, 2.24) is 0 Å². The number of unbranched alkanes of at least 4 members (excludes halogenated alkanes) is 2. The molecule has 6 radical (unpaired) electrons. The Morgan fingerprint density at radius 2 is 0.917 bits per heavy atom. The molecule has 0 unspecified atom stereocenters. The van der Waals surface area contributed by atoms with E-state index in [9.17, 15) is 0 Å². The van der Waals surface area contributed by atoms with Gasteiger partial charge in [0.05, 0.1) is 0 Å². The summed E-state index contributed by atoms with van der Waals surface area (Å²) in [7, 11) is 8.98. The molecule has 0 aromatic rings. The van der Waals surface area contributed by atoms with E-state index in [1.807, 2.05) is 26.7 Å². The summed E-state index contributed by atoms with van der Waals surface area (Å²) in [4.78, 5) is 0.